The average molecular weight is 480 g/mol. The molecule has 0 atom stereocenters. The molecule has 0 saturated heterocycles. The molecule has 0 aliphatic heterocycles. The molecule has 6 rings (SSSR count). The molecule has 4 aromatic carbocycles. The summed E-state index contributed by atoms with van der Waals surface area (Å²) in [6, 6.07) is 29.5. The summed E-state index contributed by atoms with van der Waals surface area (Å²) >= 11 is 0. The quantitative estimate of drug-likeness (QED) is 0.263. The Morgan fingerprint density at radius 3 is 1.75 bits per heavy atom. The second-order valence-electron chi connectivity index (χ2n) is 7.94. The standard InChI is InChI=1S/2C15H9FO2/c16-11-7-4-8-13-15(11)12(17)9-14(18-13)10-5-2-1-3-6-10;16-11-6-7-12-13(17)9-14(18-15(12)8-11)10-4-2-1-3-5-10/h2*1-9H. The normalized spacial score (nSPS) is 10.7. The van der Waals surface area contributed by atoms with Gasteiger partial charge >= 0.3 is 0 Å². The van der Waals surface area contributed by atoms with E-state index in [0.29, 0.717) is 16.9 Å². The number of benzene rings is 4. The van der Waals surface area contributed by atoms with Crippen molar-refractivity contribution in [1.82, 2.24) is 0 Å². The molecule has 0 aliphatic carbocycles. The van der Waals surface area contributed by atoms with Crippen LogP contribution in [0.15, 0.2) is 128 Å². The molecule has 6 heteroatoms. The van der Waals surface area contributed by atoms with E-state index in [0.717, 1.165) is 11.1 Å². The van der Waals surface area contributed by atoms with E-state index in [2.05, 4.69) is 0 Å². The van der Waals surface area contributed by atoms with Crippen LogP contribution in [0.4, 0.5) is 8.78 Å². The Morgan fingerprint density at radius 1 is 0.528 bits per heavy atom. The van der Waals surface area contributed by atoms with Gasteiger partial charge in [-0.15, -0.1) is 0 Å². The van der Waals surface area contributed by atoms with Gasteiger partial charge in [0.05, 0.1) is 5.39 Å². The van der Waals surface area contributed by atoms with Crippen molar-refractivity contribution in [2.24, 2.45) is 0 Å². The smallest absolute Gasteiger partial charge is 0.196 e. The summed E-state index contributed by atoms with van der Waals surface area (Å²) in [5.41, 5.74) is 1.58. The fraction of sp³-hybridized carbons (Fsp3) is 0. The van der Waals surface area contributed by atoms with Crippen LogP contribution < -0.4 is 10.9 Å². The van der Waals surface area contributed by atoms with E-state index in [4.69, 9.17) is 8.83 Å². The van der Waals surface area contributed by atoms with Gasteiger partial charge < -0.3 is 8.83 Å². The Hall–Kier alpha value is -4.84. The summed E-state index contributed by atoms with van der Waals surface area (Å²) < 4.78 is 37.8. The molecule has 0 radical (unpaired) electrons. The Balaban J connectivity index is 0.000000148. The summed E-state index contributed by atoms with van der Waals surface area (Å²) in [6.07, 6.45) is 0. The van der Waals surface area contributed by atoms with Gasteiger partial charge in [0.25, 0.3) is 0 Å². The van der Waals surface area contributed by atoms with Crippen LogP contribution in [0.1, 0.15) is 0 Å². The lowest BCUT2D eigenvalue weighted by molar-refractivity contribution is 0.599. The minimum atomic E-state index is -0.555. The Morgan fingerprint density at radius 2 is 1.11 bits per heavy atom. The number of fused-ring (bicyclic) bond motifs is 2. The van der Waals surface area contributed by atoms with E-state index >= 15 is 0 Å². The third-order valence-corrected chi connectivity index (χ3v) is 5.51. The van der Waals surface area contributed by atoms with Crippen molar-refractivity contribution in [3.63, 3.8) is 0 Å². The highest BCUT2D eigenvalue weighted by Crippen LogP contribution is 2.23. The molecule has 0 bridgehead atoms. The predicted molar refractivity (Wildman–Crippen MR) is 136 cm³/mol. The SMILES string of the molecule is O=c1cc(-c2ccccc2)oc2cc(F)ccc12.O=c1cc(-c2ccccc2)oc2cccc(F)c12. The van der Waals surface area contributed by atoms with Crippen LogP contribution in [-0.2, 0) is 0 Å². The first-order chi connectivity index (χ1) is 17.5. The van der Waals surface area contributed by atoms with Crippen molar-refractivity contribution in [3.05, 3.63) is 141 Å². The highest BCUT2D eigenvalue weighted by Gasteiger charge is 2.10. The first-order valence-corrected chi connectivity index (χ1v) is 11.1. The molecule has 2 heterocycles. The molecule has 176 valence electrons. The molecule has 0 spiro atoms. The van der Waals surface area contributed by atoms with Gasteiger partial charge in [-0.25, -0.2) is 8.78 Å². The number of rotatable bonds is 2. The molecule has 0 N–H and O–H groups in total. The molecular weight excluding hydrogens is 462 g/mol. The topological polar surface area (TPSA) is 60.4 Å². The first kappa shape index (κ1) is 22.9. The summed E-state index contributed by atoms with van der Waals surface area (Å²) in [5, 5.41) is 0.383. The maximum Gasteiger partial charge on any atom is 0.196 e. The van der Waals surface area contributed by atoms with E-state index in [-0.39, 0.29) is 27.4 Å². The largest absolute Gasteiger partial charge is 0.456 e. The van der Waals surface area contributed by atoms with Gasteiger partial charge in [0.1, 0.15) is 39.7 Å². The third-order valence-electron chi connectivity index (χ3n) is 5.51. The van der Waals surface area contributed by atoms with Gasteiger partial charge in [0.2, 0.25) is 0 Å². The molecule has 2 aromatic heterocycles. The Kier molecular flexibility index (Phi) is 6.24. The van der Waals surface area contributed by atoms with Crippen molar-refractivity contribution < 1.29 is 17.6 Å². The monoisotopic (exact) mass is 480 g/mol. The summed E-state index contributed by atoms with van der Waals surface area (Å²) in [6.45, 7) is 0. The highest BCUT2D eigenvalue weighted by molar-refractivity contribution is 5.79. The number of hydrogen-bond acceptors (Lipinski definition) is 4. The van der Waals surface area contributed by atoms with Gasteiger partial charge in [-0.3, -0.25) is 9.59 Å². The number of hydrogen-bond donors (Lipinski definition) is 0. The fourth-order valence-electron chi connectivity index (χ4n) is 3.79. The lowest BCUT2D eigenvalue weighted by atomic mass is 10.1. The zero-order valence-corrected chi connectivity index (χ0v) is 18.8. The predicted octanol–water partition coefficient (Wildman–Crippen LogP) is 7.20. The van der Waals surface area contributed by atoms with Crippen LogP contribution in [0.3, 0.4) is 0 Å². The van der Waals surface area contributed by atoms with E-state index in [1.165, 1.54) is 42.5 Å². The van der Waals surface area contributed by atoms with Gasteiger partial charge in [-0.1, -0.05) is 66.7 Å². The van der Waals surface area contributed by atoms with Crippen LogP contribution in [0.25, 0.3) is 44.6 Å². The van der Waals surface area contributed by atoms with Crippen LogP contribution in [0, 0.1) is 11.6 Å². The average Bonchev–Trinajstić information content (AvgIpc) is 2.89. The highest BCUT2D eigenvalue weighted by atomic mass is 19.1. The van der Waals surface area contributed by atoms with Gasteiger partial charge in [-0.05, 0) is 24.3 Å². The second kappa shape index (κ2) is 9.80. The molecule has 0 saturated carbocycles. The van der Waals surface area contributed by atoms with Crippen LogP contribution in [0.5, 0.6) is 0 Å². The van der Waals surface area contributed by atoms with Crippen molar-refractivity contribution in [1.29, 1.82) is 0 Å². The van der Waals surface area contributed by atoms with E-state index in [1.807, 2.05) is 60.7 Å². The van der Waals surface area contributed by atoms with E-state index in [1.54, 1.807) is 6.07 Å². The van der Waals surface area contributed by atoms with E-state index < -0.39 is 11.6 Å². The van der Waals surface area contributed by atoms with Crippen molar-refractivity contribution >= 4 is 21.9 Å². The van der Waals surface area contributed by atoms with Crippen molar-refractivity contribution in [2.75, 3.05) is 0 Å². The summed E-state index contributed by atoms with van der Waals surface area (Å²) in [4.78, 5) is 23.8. The second-order valence-corrected chi connectivity index (χ2v) is 7.94. The van der Waals surface area contributed by atoms with Crippen LogP contribution in [-0.4, -0.2) is 0 Å². The van der Waals surface area contributed by atoms with Gasteiger partial charge in [0.15, 0.2) is 10.9 Å². The Labute approximate surface area is 203 Å². The maximum atomic E-state index is 13.5. The molecule has 36 heavy (non-hydrogen) atoms. The third kappa shape index (κ3) is 4.70. The van der Waals surface area contributed by atoms with E-state index in [9.17, 15) is 18.4 Å². The van der Waals surface area contributed by atoms with Gasteiger partial charge in [0, 0.05) is 29.3 Å². The summed E-state index contributed by atoms with van der Waals surface area (Å²) in [7, 11) is 0. The Bertz CT molecular complexity index is 1740. The van der Waals surface area contributed by atoms with Crippen LogP contribution >= 0.6 is 0 Å². The fourth-order valence-corrected chi connectivity index (χ4v) is 3.79. The zero-order chi connectivity index (χ0) is 25.1. The summed E-state index contributed by atoms with van der Waals surface area (Å²) in [5.74, 6) is -0.0888. The maximum absolute atomic E-state index is 13.5. The number of halogens is 2. The molecular formula is C30H18F2O4. The lowest BCUT2D eigenvalue weighted by Crippen LogP contribution is -2.02. The van der Waals surface area contributed by atoms with Crippen molar-refractivity contribution in [3.8, 4) is 22.6 Å². The minimum absolute atomic E-state index is 0.00261. The molecule has 0 unspecified atom stereocenters. The zero-order valence-electron chi connectivity index (χ0n) is 18.8. The van der Waals surface area contributed by atoms with Gasteiger partial charge in [-0.2, -0.15) is 0 Å². The molecule has 0 fully saturated rings. The first-order valence-electron chi connectivity index (χ1n) is 11.1. The van der Waals surface area contributed by atoms with Crippen molar-refractivity contribution in [2.45, 2.75) is 0 Å². The molecule has 0 aliphatic rings. The lowest BCUT2D eigenvalue weighted by Gasteiger charge is -2.03. The molecule has 4 nitrogen and oxygen atoms in total. The van der Waals surface area contributed by atoms with Crippen LogP contribution in [0.2, 0.25) is 0 Å². The minimum Gasteiger partial charge on any atom is -0.456 e. The molecule has 6 aromatic rings. The molecule has 0 amide bonds.